The van der Waals surface area contributed by atoms with Crippen molar-refractivity contribution in [1.29, 1.82) is 0 Å². The van der Waals surface area contributed by atoms with Crippen LogP contribution in [-0.4, -0.2) is 33.0 Å². The lowest BCUT2D eigenvalue weighted by atomic mass is 10.0. The Hall–Kier alpha value is -1.63. The van der Waals surface area contributed by atoms with E-state index < -0.39 is 10.0 Å². The number of nitrogens with zero attached hydrogens (tertiary/aromatic N) is 1. The van der Waals surface area contributed by atoms with Crippen LogP contribution in [-0.2, 0) is 21.3 Å². The quantitative estimate of drug-likeness (QED) is 0.767. The van der Waals surface area contributed by atoms with Gasteiger partial charge in [-0.05, 0) is 56.0 Å². The van der Waals surface area contributed by atoms with Crippen molar-refractivity contribution in [2.45, 2.75) is 39.1 Å². The van der Waals surface area contributed by atoms with E-state index in [0.29, 0.717) is 11.5 Å². The minimum Gasteiger partial charge on any atom is -0.472 e. The first-order valence-electron chi connectivity index (χ1n) is 7.86. The fourth-order valence-corrected chi connectivity index (χ4v) is 4.75. The highest BCUT2D eigenvalue weighted by Crippen LogP contribution is 2.29. The summed E-state index contributed by atoms with van der Waals surface area (Å²) in [5.74, 6) is 0. The molecule has 1 heterocycles. The monoisotopic (exact) mass is 351 g/mol. The van der Waals surface area contributed by atoms with Crippen LogP contribution in [0.3, 0.4) is 0 Å². The summed E-state index contributed by atoms with van der Waals surface area (Å²) in [7, 11) is -2.08. The van der Waals surface area contributed by atoms with E-state index in [1.807, 2.05) is 33.8 Å². The van der Waals surface area contributed by atoms with Crippen LogP contribution in [0.5, 0.6) is 0 Å². The zero-order chi connectivity index (χ0) is 17.9. The van der Waals surface area contributed by atoms with Gasteiger partial charge in [0.15, 0.2) is 0 Å². The first-order chi connectivity index (χ1) is 11.3. The molecule has 2 rings (SSSR count). The number of methoxy groups -OCH3 is 1. The Morgan fingerprint density at radius 2 is 1.75 bits per heavy atom. The van der Waals surface area contributed by atoms with Gasteiger partial charge in [-0.2, -0.15) is 4.31 Å². The molecule has 0 unspecified atom stereocenters. The molecule has 0 fully saturated rings. The molecular formula is C18H25NO4S. The lowest BCUT2D eigenvalue weighted by molar-refractivity contribution is 0.177. The Morgan fingerprint density at radius 3 is 2.25 bits per heavy atom. The topological polar surface area (TPSA) is 59.8 Å². The summed E-state index contributed by atoms with van der Waals surface area (Å²) in [4.78, 5) is 0.402. The summed E-state index contributed by atoms with van der Waals surface area (Å²) in [5.41, 5.74) is 4.37. The highest BCUT2D eigenvalue weighted by Gasteiger charge is 2.29. The van der Waals surface area contributed by atoms with Crippen LogP contribution in [0.2, 0.25) is 0 Å². The van der Waals surface area contributed by atoms with Gasteiger partial charge in [-0.3, -0.25) is 0 Å². The third-order valence-electron chi connectivity index (χ3n) is 4.38. The van der Waals surface area contributed by atoms with Crippen LogP contribution in [0.1, 0.15) is 27.8 Å². The molecule has 2 aromatic rings. The Morgan fingerprint density at radius 1 is 1.12 bits per heavy atom. The molecule has 0 bridgehead atoms. The molecular weight excluding hydrogens is 326 g/mol. The number of hydrogen-bond donors (Lipinski definition) is 0. The van der Waals surface area contributed by atoms with Crippen LogP contribution >= 0.6 is 0 Å². The second-order valence-electron chi connectivity index (χ2n) is 6.05. The van der Waals surface area contributed by atoms with Gasteiger partial charge in [-0.1, -0.05) is 6.07 Å². The predicted molar refractivity (Wildman–Crippen MR) is 93.6 cm³/mol. The molecule has 5 nitrogen and oxygen atoms in total. The van der Waals surface area contributed by atoms with E-state index >= 15 is 0 Å². The van der Waals surface area contributed by atoms with Crippen LogP contribution in [0.15, 0.2) is 34.0 Å². The highest BCUT2D eigenvalue weighted by molar-refractivity contribution is 7.89. The minimum atomic E-state index is -3.64. The number of hydrogen-bond acceptors (Lipinski definition) is 4. The van der Waals surface area contributed by atoms with Gasteiger partial charge in [-0.25, -0.2) is 8.42 Å². The summed E-state index contributed by atoms with van der Waals surface area (Å²) < 4.78 is 38.3. The average molecular weight is 351 g/mol. The lowest BCUT2D eigenvalue weighted by Crippen LogP contribution is -2.34. The van der Waals surface area contributed by atoms with E-state index in [1.165, 1.54) is 4.31 Å². The second kappa shape index (κ2) is 7.51. The SMILES string of the molecule is COCCN(Cc1ccoc1)S(=O)(=O)c1c(C)c(C)cc(C)c1C. The van der Waals surface area contributed by atoms with Crippen LogP contribution in [0, 0.1) is 27.7 Å². The van der Waals surface area contributed by atoms with E-state index in [4.69, 9.17) is 9.15 Å². The Balaban J connectivity index is 2.52. The van der Waals surface area contributed by atoms with Crippen molar-refractivity contribution in [1.82, 2.24) is 4.31 Å². The molecule has 132 valence electrons. The van der Waals surface area contributed by atoms with Crippen molar-refractivity contribution in [2.75, 3.05) is 20.3 Å². The lowest BCUT2D eigenvalue weighted by Gasteiger charge is -2.25. The molecule has 0 aliphatic heterocycles. The van der Waals surface area contributed by atoms with Gasteiger partial charge in [0.05, 0.1) is 24.0 Å². The van der Waals surface area contributed by atoms with Crippen molar-refractivity contribution < 1.29 is 17.6 Å². The highest BCUT2D eigenvalue weighted by atomic mass is 32.2. The second-order valence-corrected chi connectivity index (χ2v) is 7.93. The number of rotatable bonds is 7. The number of furan rings is 1. The summed E-state index contributed by atoms with van der Waals surface area (Å²) in [6, 6.07) is 3.80. The fraction of sp³-hybridized carbons (Fsp3) is 0.444. The normalized spacial score (nSPS) is 12.1. The largest absolute Gasteiger partial charge is 0.472 e. The number of aryl methyl sites for hydroxylation is 2. The summed E-state index contributed by atoms with van der Waals surface area (Å²) in [5, 5.41) is 0. The molecule has 24 heavy (non-hydrogen) atoms. The van der Waals surface area contributed by atoms with Gasteiger partial charge in [0.2, 0.25) is 10.0 Å². The van der Waals surface area contributed by atoms with Crippen LogP contribution in [0.25, 0.3) is 0 Å². The van der Waals surface area contributed by atoms with Crippen molar-refractivity contribution in [3.05, 3.63) is 52.5 Å². The Labute approximate surface area is 144 Å². The summed E-state index contributed by atoms with van der Waals surface area (Å²) in [6.45, 7) is 8.48. The maximum absolute atomic E-state index is 13.4. The Kier molecular flexibility index (Phi) is 5.85. The van der Waals surface area contributed by atoms with Crippen molar-refractivity contribution >= 4 is 10.0 Å². The molecule has 0 aliphatic carbocycles. The van der Waals surface area contributed by atoms with Crippen LogP contribution < -0.4 is 0 Å². The van der Waals surface area contributed by atoms with Crippen molar-refractivity contribution in [3.8, 4) is 0 Å². The van der Waals surface area contributed by atoms with Crippen molar-refractivity contribution in [3.63, 3.8) is 0 Å². The van der Waals surface area contributed by atoms with Gasteiger partial charge >= 0.3 is 0 Å². The van der Waals surface area contributed by atoms with Gasteiger partial charge < -0.3 is 9.15 Å². The smallest absolute Gasteiger partial charge is 0.244 e. The molecule has 0 N–H and O–H groups in total. The number of sulfonamides is 1. The van der Waals surface area contributed by atoms with Crippen LogP contribution in [0.4, 0.5) is 0 Å². The van der Waals surface area contributed by atoms with Gasteiger partial charge in [0.1, 0.15) is 0 Å². The molecule has 6 heteroatoms. The first kappa shape index (κ1) is 18.7. The third kappa shape index (κ3) is 3.71. The van der Waals surface area contributed by atoms with E-state index in [2.05, 4.69) is 0 Å². The molecule has 0 saturated heterocycles. The molecule has 0 spiro atoms. The maximum Gasteiger partial charge on any atom is 0.244 e. The molecule has 0 radical (unpaired) electrons. The third-order valence-corrected chi connectivity index (χ3v) is 6.50. The fourth-order valence-electron chi connectivity index (χ4n) is 2.76. The molecule has 0 saturated carbocycles. The molecule has 0 aliphatic rings. The zero-order valence-corrected chi connectivity index (χ0v) is 15.7. The molecule has 0 amide bonds. The standard InChI is InChI=1S/C18H25NO4S/c1-13-10-14(2)16(4)18(15(13)3)24(20,21)19(7-9-22-5)11-17-6-8-23-12-17/h6,8,10,12H,7,9,11H2,1-5H3. The number of ether oxygens (including phenoxy) is 1. The van der Waals surface area contributed by atoms with E-state index in [1.54, 1.807) is 25.7 Å². The summed E-state index contributed by atoms with van der Waals surface area (Å²) in [6.07, 6.45) is 3.11. The average Bonchev–Trinajstić information content (AvgIpc) is 3.02. The molecule has 1 aromatic heterocycles. The minimum absolute atomic E-state index is 0.258. The van der Waals surface area contributed by atoms with Crippen molar-refractivity contribution in [2.24, 2.45) is 0 Å². The van der Waals surface area contributed by atoms with E-state index in [-0.39, 0.29) is 13.1 Å². The zero-order valence-electron chi connectivity index (χ0n) is 14.9. The molecule has 0 atom stereocenters. The molecule has 1 aromatic carbocycles. The predicted octanol–water partition coefficient (Wildman–Crippen LogP) is 3.35. The first-order valence-corrected chi connectivity index (χ1v) is 9.30. The van der Waals surface area contributed by atoms with E-state index in [0.717, 1.165) is 27.8 Å². The Bertz CT molecular complexity index is 769. The number of benzene rings is 1. The summed E-state index contributed by atoms with van der Waals surface area (Å²) >= 11 is 0. The van der Waals surface area contributed by atoms with Gasteiger partial charge in [0, 0.05) is 25.8 Å². The maximum atomic E-state index is 13.4. The van der Waals surface area contributed by atoms with Gasteiger partial charge in [-0.15, -0.1) is 0 Å². The van der Waals surface area contributed by atoms with Gasteiger partial charge in [0.25, 0.3) is 0 Å². The van der Waals surface area contributed by atoms with E-state index in [9.17, 15) is 8.42 Å².